The molecule has 15 heavy (non-hydrogen) atoms. The Morgan fingerprint density at radius 3 is 2.93 bits per heavy atom. The van der Waals surface area contributed by atoms with E-state index in [0.717, 1.165) is 6.07 Å². The minimum atomic E-state index is -1.06. The minimum absolute atomic E-state index is 0.189. The average Bonchev–Trinajstić information content (AvgIpc) is 2.67. The Bertz CT molecular complexity index is 417. The normalized spacial score (nSPS) is 18.2. The van der Waals surface area contributed by atoms with Crippen molar-refractivity contribution in [2.75, 3.05) is 7.11 Å². The summed E-state index contributed by atoms with van der Waals surface area (Å²) in [5.41, 5.74) is 0.476. The van der Waals surface area contributed by atoms with E-state index in [9.17, 15) is 13.6 Å². The first-order chi connectivity index (χ1) is 7.13. The molecular weight excluding hydrogens is 206 g/mol. The molecule has 0 fully saturated rings. The zero-order valence-electron chi connectivity index (χ0n) is 7.92. The summed E-state index contributed by atoms with van der Waals surface area (Å²) in [7, 11) is 1.21. The number of esters is 1. The van der Waals surface area contributed by atoms with Crippen LogP contribution in [0.3, 0.4) is 0 Å². The fourth-order valence-electron chi connectivity index (χ4n) is 1.51. The molecule has 1 aliphatic heterocycles. The number of rotatable bonds is 1. The van der Waals surface area contributed by atoms with E-state index in [1.54, 1.807) is 0 Å². The van der Waals surface area contributed by atoms with Gasteiger partial charge in [0.05, 0.1) is 7.11 Å². The number of fused-ring (bicyclic) bond motifs is 1. The first-order valence-electron chi connectivity index (χ1n) is 4.35. The zero-order valence-corrected chi connectivity index (χ0v) is 7.92. The van der Waals surface area contributed by atoms with E-state index in [-0.39, 0.29) is 12.2 Å². The molecule has 3 nitrogen and oxygen atoms in total. The maximum Gasteiger partial charge on any atom is 0.347 e. The number of carbonyl (C=O) groups is 1. The van der Waals surface area contributed by atoms with E-state index in [4.69, 9.17) is 4.74 Å². The first kappa shape index (κ1) is 9.89. The third-order valence-corrected chi connectivity index (χ3v) is 2.26. The largest absolute Gasteiger partial charge is 0.475 e. The van der Waals surface area contributed by atoms with Gasteiger partial charge >= 0.3 is 5.97 Å². The van der Waals surface area contributed by atoms with Gasteiger partial charge in [-0.25, -0.2) is 9.18 Å². The van der Waals surface area contributed by atoms with Crippen molar-refractivity contribution in [2.45, 2.75) is 12.5 Å². The highest BCUT2D eigenvalue weighted by molar-refractivity contribution is 5.76. The van der Waals surface area contributed by atoms with Gasteiger partial charge in [0, 0.05) is 12.0 Å². The van der Waals surface area contributed by atoms with Crippen LogP contribution in [0.25, 0.3) is 0 Å². The van der Waals surface area contributed by atoms with Gasteiger partial charge in [-0.3, -0.25) is 0 Å². The smallest absolute Gasteiger partial charge is 0.347 e. The van der Waals surface area contributed by atoms with Crippen LogP contribution in [-0.4, -0.2) is 19.2 Å². The van der Waals surface area contributed by atoms with Crippen LogP contribution >= 0.6 is 0 Å². The molecule has 0 aliphatic carbocycles. The second-order valence-corrected chi connectivity index (χ2v) is 3.18. The predicted molar refractivity (Wildman–Crippen MR) is 46.5 cm³/mol. The van der Waals surface area contributed by atoms with Gasteiger partial charge in [0.1, 0.15) is 0 Å². The van der Waals surface area contributed by atoms with Crippen LogP contribution in [0.15, 0.2) is 12.1 Å². The number of halogens is 2. The Morgan fingerprint density at radius 2 is 2.27 bits per heavy atom. The summed E-state index contributed by atoms with van der Waals surface area (Å²) in [5, 5.41) is 0. The summed E-state index contributed by atoms with van der Waals surface area (Å²) in [6.07, 6.45) is -0.666. The lowest BCUT2D eigenvalue weighted by Crippen LogP contribution is -2.26. The van der Waals surface area contributed by atoms with E-state index in [1.165, 1.54) is 13.2 Å². The van der Waals surface area contributed by atoms with Crippen LogP contribution in [0.1, 0.15) is 5.56 Å². The first-order valence-corrected chi connectivity index (χ1v) is 4.35. The van der Waals surface area contributed by atoms with Crippen molar-refractivity contribution < 1.29 is 23.0 Å². The Balaban J connectivity index is 2.31. The van der Waals surface area contributed by atoms with Crippen molar-refractivity contribution in [2.24, 2.45) is 0 Å². The highest BCUT2D eigenvalue weighted by atomic mass is 19.2. The summed E-state index contributed by atoms with van der Waals surface area (Å²) < 4.78 is 35.4. The van der Waals surface area contributed by atoms with Gasteiger partial charge in [-0.05, 0) is 6.07 Å². The third-order valence-electron chi connectivity index (χ3n) is 2.26. The van der Waals surface area contributed by atoms with Gasteiger partial charge < -0.3 is 9.47 Å². The van der Waals surface area contributed by atoms with Gasteiger partial charge in [0.15, 0.2) is 17.7 Å². The van der Waals surface area contributed by atoms with Gasteiger partial charge in [0.25, 0.3) is 0 Å². The van der Waals surface area contributed by atoms with E-state index in [0.29, 0.717) is 5.56 Å². The van der Waals surface area contributed by atoms with E-state index >= 15 is 0 Å². The molecule has 0 amide bonds. The molecule has 0 saturated carbocycles. The molecule has 1 aliphatic rings. The lowest BCUT2D eigenvalue weighted by Gasteiger charge is -2.07. The van der Waals surface area contributed by atoms with E-state index in [2.05, 4.69) is 4.74 Å². The number of ether oxygens (including phenoxy) is 2. The van der Waals surface area contributed by atoms with Crippen LogP contribution in [0, 0.1) is 11.6 Å². The van der Waals surface area contributed by atoms with Crippen molar-refractivity contribution in [1.82, 2.24) is 0 Å². The highest BCUT2D eigenvalue weighted by Crippen LogP contribution is 2.33. The molecule has 1 heterocycles. The Kier molecular flexibility index (Phi) is 2.30. The molecule has 0 aromatic heterocycles. The quantitative estimate of drug-likeness (QED) is 0.663. The lowest BCUT2D eigenvalue weighted by molar-refractivity contribution is -0.147. The molecule has 0 bridgehead atoms. The molecule has 2 rings (SSSR count). The van der Waals surface area contributed by atoms with Crippen molar-refractivity contribution in [1.29, 1.82) is 0 Å². The van der Waals surface area contributed by atoms with E-state index in [1.807, 2.05) is 0 Å². The summed E-state index contributed by atoms with van der Waals surface area (Å²) in [4.78, 5) is 11.1. The lowest BCUT2D eigenvalue weighted by atomic mass is 10.1. The Labute approximate surface area is 84.6 Å². The van der Waals surface area contributed by atoms with Crippen molar-refractivity contribution in [3.8, 4) is 5.75 Å². The monoisotopic (exact) mass is 214 g/mol. The molecule has 0 spiro atoms. The maximum absolute atomic E-state index is 13.2. The molecular formula is C10H8F2O3. The number of carbonyl (C=O) groups excluding carboxylic acids is 1. The van der Waals surface area contributed by atoms with Crippen LogP contribution in [0.4, 0.5) is 8.78 Å². The molecule has 1 unspecified atom stereocenters. The molecule has 0 saturated heterocycles. The fraction of sp³-hybridized carbons (Fsp3) is 0.300. The maximum atomic E-state index is 13.2. The third kappa shape index (κ3) is 1.54. The fourth-order valence-corrected chi connectivity index (χ4v) is 1.51. The molecule has 1 aromatic rings. The molecule has 0 N–H and O–H groups in total. The zero-order chi connectivity index (χ0) is 11.0. The summed E-state index contributed by atoms with van der Waals surface area (Å²) in [6, 6.07) is 2.41. The molecule has 1 atom stereocenters. The second kappa shape index (κ2) is 3.49. The van der Waals surface area contributed by atoms with Crippen LogP contribution in [0.5, 0.6) is 5.75 Å². The molecule has 1 aromatic carbocycles. The Hall–Kier alpha value is -1.65. The van der Waals surface area contributed by atoms with Crippen molar-refractivity contribution in [3.05, 3.63) is 29.3 Å². The summed E-state index contributed by atoms with van der Waals surface area (Å²) in [5.74, 6) is -2.82. The summed E-state index contributed by atoms with van der Waals surface area (Å²) in [6.45, 7) is 0. The van der Waals surface area contributed by atoms with Gasteiger partial charge in [-0.15, -0.1) is 0 Å². The summed E-state index contributed by atoms with van der Waals surface area (Å²) >= 11 is 0. The molecule has 0 radical (unpaired) electrons. The van der Waals surface area contributed by atoms with Crippen molar-refractivity contribution >= 4 is 5.97 Å². The SMILES string of the molecule is COC(=O)C1Cc2ccc(F)c(F)c2O1. The number of hydrogen-bond acceptors (Lipinski definition) is 3. The molecule has 5 heteroatoms. The second-order valence-electron chi connectivity index (χ2n) is 3.18. The van der Waals surface area contributed by atoms with Gasteiger partial charge in [0.2, 0.25) is 5.82 Å². The van der Waals surface area contributed by atoms with Crippen molar-refractivity contribution in [3.63, 3.8) is 0 Å². The number of methoxy groups -OCH3 is 1. The highest BCUT2D eigenvalue weighted by Gasteiger charge is 2.32. The molecule has 80 valence electrons. The van der Waals surface area contributed by atoms with Gasteiger partial charge in [-0.2, -0.15) is 4.39 Å². The Morgan fingerprint density at radius 1 is 1.53 bits per heavy atom. The van der Waals surface area contributed by atoms with E-state index < -0.39 is 23.7 Å². The van der Waals surface area contributed by atoms with Crippen LogP contribution in [-0.2, 0) is 16.0 Å². The van der Waals surface area contributed by atoms with Gasteiger partial charge in [-0.1, -0.05) is 6.07 Å². The average molecular weight is 214 g/mol. The number of hydrogen-bond donors (Lipinski definition) is 0. The number of benzene rings is 1. The minimum Gasteiger partial charge on any atom is -0.475 e. The topological polar surface area (TPSA) is 35.5 Å². The predicted octanol–water partition coefficient (Wildman–Crippen LogP) is 1.44. The van der Waals surface area contributed by atoms with Crippen LogP contribution < -0.4 is 4.74 Å². The van der Waals surface area contributed by atoms with Crippen LogP contribution in [0.2, 0.25) is 0 Å². The standard InChI is InChI=1S/C10H8F2O3/c1-14-10(13)7-4-5-2-3-6(11)8(12)9(5)15-7/h2-3,7H,4H2,1H3.